The number of sulfone groups is 1. The molecule has 0 radical (unpaired) electrons. The summed E-state index contributed by atoms with van der Waals surface area (Å²) >= 11 is 3.37. The van der Waals surface area contributed by atoms with E-state index in [1.807, 2.05) is 54.6 Å². The molecule has 0 spiro atoms. The van der Waals surface area contributed by atoms with E-state index < -0.39 is 15.9 Å². The molecule has 0 bridgehead atoms. The Balaban J connectivity index is 1.91. The topological polar surface area (TPSA) is 54.5 Å². The third-order valence-corrected chi connectivity index (χ3v) is 5.72. The maximum atomic E-state index is 12.9. The zero-order valence-electron chi connectivity index (χ0n) is 12.8. The van der Waals surface area contributed by atoms with Gasteiger partial charge in [-0.3, -0.25) is 4.79 Å². The molecule has 1 aliphatic heterocycles. The van der Waals surface area contributed by atoms with E-state index in [-0.39, 0.29) is 18.1 Å². The number of carbonyl (C=O) groups excluding carboxylic acids is 1. The highest BCUT2D eigenvalue weighted by molar-refractivity contribution is 9.10. The molecular weight excluding hydrogens is 390 g/mol. The summed E-state index contributed by atoms with van der Waals surface area (Å²) in [7, 11) is -3.25. The highest BCUT2D eigenvalue weighted by Crippen LogP contribution is 2.25. The number of hydrogen-bond acceptors (Lipinski definition) is 3. The molecule has 0 saturated heterocycles. The Labute approximate surface area is 149 Å². The molecule has 1 aliphatic rings. The van der Waals surface area contributed by atoms with Crippen LogP contribution in [0.15, 0.2) is 70.6 Å². The van der Waals surface area contributed by atoms with Gasteiger partial charge in [-0.05, 0) is 35.9 Å². The van der Waals surface area contributed by atoms with Gasteiger partial charge in [-0.25, -0.2) is 8.42 Å². The fraction of sp³-hybridized carbons (Fsp3) is 0.167. The van der Waals surface area contributed by atoms with Crippen LogP contribution in [-0.2, 0) is 21.1 Å². The van der Waals surface area contributed by atoms with Gasteiger partial charge in [0.25, 0.3) is 0 Å². The van der Waals surface area contributed by atoms with Crippen molar-refractivity contribution in [3.8, 4) is 0 Å². The van der Waals surface area contributed by atoms with Crippen molar-refractivity contribution in [3.63, 3.8) is 0 Å². The van der Waals surface area contributed by atoms with Crippen molar-refractivity contribution in [1.82, 2.24) is 0 Å². The van der Waals surface area contributed by atoms with Crippen LogP contribution in [0.3, 0.4) is 0 Å². The van der Waals surface area contributed by atoms with Crippen molar-refractivity contribution >= 4 is 37.4 Å². The summed E-state index contributed by atoms with van der Waals surface area (Å²) in [5.41, 5.74) is 1.58. The van der Waals surface area contributed by atoms with Crippen LogP contribution in [0.25, 0.3) is 0 Å². The Morgan fingerprint density at radius 2 is 1.75 bits per heavy atom. The number of carbonyl (C=O) groups is 1. The molecule has 0 N–H and O–H groups in total. The van der Waals surface area contributed by atoms with Crippen molar-refractivity contribution in [3.05, 3.63) is 76.1 Å². The fourth-order valence-corrected chi connectivity index (χ4v) is 4.23. The molecule has 1 atom stereocenters. The van der Waals surface area contributed by atoms with Gasteiger partial charge in [-0.15, -0.1) is 0 Å². The van der Waals surface area contributed by atoms with Gasteiger partial charge in [0.2, 0.25) is 5.91 Å². The second-order valence-electron chi connectivity index (χ2n) is 5.63. The molecule has 1 heterocycles. The predicted molar refractivity (Wildman–Crippen MR) is 98.5 cm³/mol. The van der Waals surface area contributed by atoms with Gasteiger partial charge in [-0.2, -0.15) is 0 Å². The Hall–Kier alpha value is -1.92. The van der Waals surface area contributed by atoms with Gasteiger partial charge in [0.15, 0.2) is 9.84 Å². The maximum Gasteiger partial charge on any atom is 0.231 e. The molecule has 0 aliphatic carbocycles. The first-order valence-electron chi connectivity index (χ1n) is 7.47. The minimum atomic E-state index is -3.25. The number of benzene rings is 2. The minimum absolute atomic E-state index is 0.0798. The number of nitrogens with zero attached hydrogens (tertiary/aromatic N) is 1. The molecular formula is C18H16BrNO3S. The molecule has 2 aromatic carbocycles. The number of amides is 1. The summed E-state index contributed by atoms with van der Waals surface area (Å²) in [4.78, 5) is 14.5. The monoisotopic (exact) mass is 405 g/mol. The van der Waals surface area contributed by atoms with Gasteiger partial charge in [0.1, 0.15) is 0 Å². The summed E-state index contributed by atoms with van der Waals surface area (Å²) in [6, 6.07) is 16.3. The Bertz CT molecular complexity index is 861. The Morgan fingerprint density at radius 3 is 2.33 bits per heavy atom. The molecule has 6 heteroatoms. The molecule has 0 saturated carbocycles. The number of anilines is 1. The zero-order valence-corrected chi connectivity index (χ0v) is 15.2. The largest absolute Gasteiger partial charge is 0.304 e. The highest BCUT2D eigenvalue weighted by Gasteiger charge is 2.31. The molecule has 4 nitrogen and oxygen atoms in total. The van der Waals surface area contributed by atoms with E-state index in [0.29, 0.717) is 5.69 Å². The van der Waals surface area contributed by atoms with E-state index in [2.05, 4.69) is 15.9 Å². The van der Waals surface area contributed by atoms with Crippen LogP contribution in [-0.4, -0.2) is 26.1 Å². The van der Waals surface area contributed by atoms with E-state index >= 15 is 0 Å². The first-order valence-corrected chi connectivity index (χ1v) is 9.98. The van der Waals surface area contributed by atoms with Crippen molar-refractivity contribution in [2.45, 2.75) is 12.5 Å². The predicted octanol–water partition coefficient (Wildman–Crippen LogP) is 3.34. The van der Waals surface area contributed by atoms with Crippen LogP contribution in [0.2, 0.25) is 0 Å². The SMILES string of the molecule is O=C(Cc1ccccc1)N(c1ccc(Br)cc1)[C@H]1C=CS(=O)(=O)C1. The van der Waals surface area contributed by atoms with Crippen molar-refractivity contribution in [2.24, 2.45) is 0 Å². The van der Waals surface area contributed by atoms with E-state index in [9.17, 15) is 13.2 Å². The fourth-order valence-electron chi connectivity index (χ4n) is 2.70. The van der Waals surface area contributed by atoms with Gasteiger partial charge in [0.05, 0.1) is 18.2 Å². The quantitative estimate of drug-likeness (QED) is 0.783. The van der Waals surface area contributed by atoms with Crippen LogP contribution in [0.5, 0.6) is 0 Å². The standard InChI is InChI=1S/C18H16BrNO3S/c19-15-6-8-16(9-7-15)20(17-10-11-24(22,23)13-17)18(21)12-14-4-2-1-3-5-14/h1-11,17H,12-13H2/t17-/m0/s1. The second-order valence-corrected chi connectivity index (χ2v) is 8.47. The average Bonchev–Trinajstić information content (AvgIpc) is 2.90. The van der Waals surface area contributed by atoms with Crippen LogP contribution < -0.4 is 4.90 Å². The smallest absolute Gasteiger partial charge is 0.231 e. The maximum absolute atomic E-state index is 12.9. The molecule has 24 heavy (non-hydrogen) atoms. The van der Waals surface area contributed by atoms with E-state index in [1.165, 1.54) is 5.41 Å². The van der Waals surface area contributed by atoms with E-state index in [1.54, 1.807) is 11.0 Å². The van der Waals surface area contributed by atoms with Crippen molar-refractivity contribution in [2.75, 3.05) is 10.7 Å². The number of rotatable bonds is 4. The number of hydrogen-bond donors (Lipinski definition) is 0. The Morgan fingerprint density at radius 1 is 1.08 bits per heavy atom. The summed E-state index contributed by atoms with van der Waals surface area (Å²) < 4.78 is 24.5. The van der Waals surface area contributed by atoms with Crippen molar-refractivity contribution in [1.29, 1.82) is 0 Å². The number of halogens is 1. The average molecular weight is 406 g/mol. The van der Waals surface area contributed by atoms with Gasteiger partial charge >= 0.3 is 0 Å². The molecule has 2 aromatic rings. The van der Waals surface area contributed by atoms with Crippen LogP contribution in [0, 0.1) is 0 Å². The van der Waals surface area contributed by atoms with Crippen LogP contribution in [0.4, 0.5) is 5.69 Å². The molecule has 3 rings (SSSR count). The summed E-state index contributed by atoms with van der Waals surface area (Å²) in [6.45, 7) is 0. The second kappa shape index (κ2) is 6.91. The zero-order chi connectivity index (χ0) is 17.2. The lowest BCUT2D eigenvalue weighted by atomic mass is 10.1. The third-order valence-electron chi connectivity index (χ3n) is 3.81. The summed E-state index contributed by atoms with van der Waals surface area (Å²) in [6.07, 6.45) is 1.81. The van der Waals surface area contributed by atoms with E-state index in [0.717, 1.165) is 10.0 Å². The summed E-state index contributed by atoms with van der Waals surface area (Å²) in [5, 5.41) is 1.19. The van der Waals surface area contributed by atoms with Crippen LogP contribution >= 0.6 is 15.9 Å². The molecule has 0 aromatic heterocycles. The molecule has 124 valence electrons. The highest BCUT2D eigenvalue weighted by atomic mass is 79.9. The lowest BCUT2D eigenvalue weighted by molar-refractivity contribution is -0.118. The lowest BCUT2D eigenvalue weighted by Crippen LogP contribution is -2.42. The molecule has 0 unspecified atom stereocenters. The lowest BCUT2D eigenvalue weighted by Gasteiger charge is -2.28. The van der Waals surface area contributed by atoms with Gasteiger partial charge < -0.3 is 4.90 Å². The van der Waals surface area contributed by atoms with E-state index in [4.69, 9.17) is 0 Å². The molecule has 0 fully saturated rings. The normalized spacial score (nSPS) is 18.5. The first kappa shape index (κ1) is 16.9. The molecule has 1 amide bonds. The van der Waals surface area contributed by atoms with Gasteiger partial charge in [0, 0.05) is 15.6 Å². The van der Waals surface area contributed by atoms with Crippen LogP contribution in [0.1, 0.15) is 5.56 Å². The minimum Gasteiger partial charge on any atom is -0.304 e. The summed E-state index contributed by atoms with van der Waals surface area (Å²) in [5.74, 6) is -0.209. The van der Waals surface area contributed by atoms with Crippen molar-refractivity contribution < 1.29 is 13.2 Å². The van der Waals surface area contributed by atoms with Gasteiger partial charge in [-0.1, -0.05) is 46.3 Å². The first-order chi connectivity index (χ1) is 11.4. The third kappa shape index (κ3) is 3.94. The Kier molecular flexibility index (Phi) is 4.87.